The number of carbonyl (C=O) groups is 1. The molecule has 0 bridgehead atoms. The third-order valence-corrected chi connectivity index (χ3v) is 9.81. The number of fused-ring (bicyclic) bond motifs is 1. The normalized spacial score (nSPS) is 21.9. The van der Waals surface area contributed by atoms with E-state index < -0.39 is 10.0 Å². The van der Waals surface area contributed by atoms with Crippen LogP contribution in [0.5, 0.6) is 0 Å². The van der Waals surface area contributed by atoms with E-state index in [-0.39, 0.29) is 18.0 Å². The van der Waals surface area contributed by atoms with Gasteiger partial charge in [0.15, 0.2) is 0 Å². The summed E-state index contributed by atoms with van der Waals surface area (Å²) in [5, 5.41) is 2.14. The molecule has 3 aromatic rings. The molecule has 6 nitrogen and oxygen atoms in total. The molecule has 1 saturated heterocycles. The van der Waals surface area contributed by atoms with Gasteiger partial charge in [0, 0.05) is 37.1 Å². The van der Waals surface area contributed by atoms with Crippen molar-refractivity contribution in [3.63, 3.8) is 0 Å². The van der Waals surface area contributed by atoms with Crippen molar-refractivity contribution < 1.29 is 13.2 Å². The summed E-state index contributed by atoms with van der Waals surface area (Å²) in [5.41, 5.74) is 2.49. The minimum atomic E-state index is -3.57. The zero-order valence-corrected chi connectivity index (χ0v) is 20.8. The standard InChI is InChI=1S/C26H29N3O3S2/c1-20-18-27(15-16-29(20)34(31,32)22-10-6-3-7-11-22)25(30)19-28-14-12-24-23(13-17-33-24)26(28)21-8-4-2-5-9-21/h2-11,13,17,20,26H,12,14-16,18-19H2,1H3/t20-,26+/m1/s1. The second kappa shape index (κ2) is 9.62. The van der Waals surface area contributed by atoms with Crippen molar-refractivity contribution in [2.45, 2.75) is 30.3 Å². The van der Waals surface area contributed by atoms with Crippen LogP contribution in [0, 0.1) is 0 Å². The summed E-state index contributed by atoms with van der Waals surface area (Å²) >= 11 is 1.79. The van der Waals surface area contributed by atoms with Crippen molar-refractivity contribution >= 4 is 27.3 Å². The molecule has 2 aliphatic rings. The van der Waals surface area contributed by atoms with Crippen LogP contribution in [0.1, 0.15) is 29.0 Å². The monoisotopic (exact) mass is 495 g/mol. The first-order valence-corrected chi connectivity index (χ1v) is 14.0. The molecule has 2 aliphatic heterocycles. The predicted octanol–water partition coefficient (Wildman–Crippen LogP) is 3.62. The highest BCUT2D eigenvalue weighted by atomic mass is 32.2. The quantitative estimate of drug-likeness (QED) is 0.543. The number of piperazine rings is 1. The van der Waals surface area contributed by atoms with E-state index in [1.807, 2.05) is 30.0 Å². The Labute approximate surface area is 205 Å². The summed E-state index contributed by atoms with van der Waals surface area (Å²) in [5.74, 6) is 0.0585. The Morgan fingerprint density at radius 2 is 1.68 bits per heavy atom. The van der Waals surface area contributed by atoms with Gasteiger partial charge in [0.1, 0.15) is 0 Å². The van der Waals surface area contributed by atoms with Crippen LogP contribution in [0.4, 0.5) is 0 Å². The number of sulfonamides is 1. The SMILES string of the molecule is C[C@@H]1CN(C(=O)CN2CCc3sccc3[C@@H]2c2ccccc2)CCN1S(=O)(=O)c1ccccc1. The topological polar surface area (TPSA) is 60.9 Å². The maximum Gasteiger partial charge on any atom is 0.243 e. The van der Waals surface area contributed by atoms with E-state index in [2.05, 4.69) is 28.5 Å². The van der Waals surface area contributed by atoms with E-state index in [0.717, 1.165) is 13.0 Å². The summed E-state index contributed by atoms with van der Waals surface area (Å²) in [6, 6.07) is 20.9. The van der Waals surface area contributed by atoms with Crippen LogP contribution in [0.2, 0.25) is 0 Å². The second-order valence-corrected chi connectivity index (χ2v) is 11.8. The Bertz CT molecular complexity index is 1240. The first-order valence-electron chi connectivity index (χ1n) is 11.6. The van der Waals surface area contributed by atoms with Crippen LogP contribution < -0.4 is 0 Å². The molecule has 178 valence electrons. The predicted molar refractivity (Wildman–Crippen MR) is 134 cm³/mol. The van der Waals surface area contributed by atoms with Crippen LogP contribution >= 0.6 is 11.3 Å². The minimum Gasteiger partial charge on any atom is -0.339 e. The molecule has 2 atom stereocenters. The van der Waals surface area contributed by atoms with Crippen molar-refractivity contribution in [1.82, 2.24) is 14.1 Å². The van der Waals surface area contributed by atoms with Gasteiger partial charge in [-0.05, 0) is 48.1 Å². The van der Waals surface area contributed by atoms with Crippen molar-refractivity contribution in [2.75, 3.05) is 32.7 Å². The first-order chi connectivity index (χ1) is 16.4. The number of amides is 1. The van der Waals surface area contributed by atoms with Crippen LogP contribution in [0.25, 0.3) is 0 Å². The average molecular weight is 496 g/mol. The highest BCUT2D eigenvalue weighted by molar-refractivity contribution is 7.89. The lowest BCUT2D eigenvalue weighted by Crippen LogP contribution is -2.57. The van der Waals surface area contributed by atoms with Gasteiger partial charge < -0.3 is 4.90 Å². The Kier molecular flexibility index (Phi) is 6.57. The van der Waals surface area contributed by atoms with E-state index in [0.29, 0.717) is 31.1 Å². The number of hydrogen-bond donors (Lipinski definition) is 0. The average Bonchev–Trinajstić information content (AvgIpc) is 3.33. The Hall–Kier alpha value is -2.52. The van der Waals surface area contributed by atoms with Crippen molar-refractivity contribution in [2.24, 2.45) is 0 Å². The van der Waals surface area contributed by atoms with Gasteiger partial charge in [-0.2, -0.15) is 4.31 Å². The van der Waals surface area contributed by atoms with Gasteiger partial charge in [-0.1, -0.05) is 48.5 Å². The van der Waals surface area contributed by atoms with Crippen LogP contribution in [0.15, 0.2) is 77.0 Å². The molecule has 1 amide bonds. The molecular weight excluding hydrogens is 466 g/mol. The third-order valence-electron chi connectivity index (χ3n) is 6.79. The van der Waals surface area contributed by atoms with Crippen LogP contribution in [-0.4, -0.2) is 67.2 Å². The maximum atomic E-state index is 13.4. The number of rotatable bonds is 5. The molecule has 0 N–H and O–H groups in total. The Morgan fingerprint density at radius 1 is 0.971 bits per heavy atom. The largest absolute Gasteiger partial charge is 0.339 e. The maximum absolute atomic E-state index is 13.4. The summed E-state index contributed by atoms with van der Waals surface area (Å²) in [7, 11) is -3.57. The van der Waals surface area contributed by atoms with Gasteiger partial charge in [0.25, 0.3) is 0 Å². The Morgan fingerprint density at radius 3 is 2.38 bits per heavy atom. The second-order valence-electron chi connectivity index (χ2n) is 8.95. The zero-order chi connectivity index (χ0) is 23.7. The number of carbonyl (C=O) groups excluding carboxylic acids is 1. The molecule has 0 aliphatic carbocycles. The highest BCUT2D eigenvalue weighted by Crippen LogP contribution is 2.37. The van der Waals surface area contributed by atoms with Crippen LogP contribution in [-0.2, 0) is 21.2 Å². The molecule has 0 radical (unpaired) electrons. The molecule has 2 aromatic carbocycles. The van der Waals surface area contributed by atoms with Crippen LogP contribution in [0.3, 0.4) is 0 Å². The van der Waals surface area contributed by atoms with E-state index >= 15 is 0 Å². The summed E-state index contributed by atoms with van der Waals surface area (Å²) < 4.78 is 27.7. The van der Waals surface area contributed by atoms with Crippen molar-refractivity contribution in [3.05, 3.63) is 88.1 Å². The molecule has 3 heterocycles. The molecule has 0 spiro atoms. The molecule has 8 heteroatoms. The molecule has 1 fully saturated rings. The number of thiophene rings is 1. The smallest absolute Gasteiger partial charge is 0.243 e. The van der Waals surface area contributed by atoms with Gasteiger partial charge in [-0.15, -0.1) is 11.3 Å². The highest BCUT2D eigenvalue weighted by Gasteiger charge is 2.37. The molecule has 0 unspecified atom stereocenters. The molecular formula is C26H29N3O3S2. The number of hydrogen-bond acceptors (Lipinski definition) is 5. The third kappa shape index (κ3) is 4.43. The minimum absolute atomic E-state index is 0.0585. The van der Waals surface area contributed by atoms with Gasteiger partial charge in [0.2, 0.25) is 15.9 Å². The van der Waals surface area contributed by atoms with Crippen molar-refractivity contribution in [3.8, 4) is 0 Å². The number of benzene rings is 2. The van der Waals surface area contributed by atoms with E-state index in [1.165, 1.54) is 20.3 Å². The lowest BCUT2D eigenvalue weighted by molar-refractivity contribution is -0.135. The fourth-order valence-corrected chi connectivity index (χ4v) is 7.63. The summed E-state index contributed by atoms with van der Waals surface area (Å²) in [4.78, 5) is 19.2. The fraction of sp³-hybridized carbons (Fsp3) is 0.346. The summed E-state index contributed by atoms with van der Waals surface area (Å²) in [6.07, 6.45) is 0.948. The van der Waals surface area contributed by atoms with Gasteiger partial charge in [-0.3, -0.25) is 9.69 Å². The Balaban J connectivity index is 1.30. The van der Waals surface area contributed by atoms with E-state index in [1.54, 1.807) is 41.7 Å². The number of nitrogens with zero attached hydrogens (tertiary/aromatic N) is 3. The van der Waals surface area contributed by atoms with Gasteiger partial charge in [-0.25, -0.2) is 8.42 Å². The zero-order valence-electron chi connectivity index (χ0n) is 19.2. The molecule has 5 rings (SSSR count). The van der Waals surface area contributed by atoms with Crippen molar-refractivity contribution in [1.29, 1.82) is 0 Å². The van der Waals surface area contributed by atoms with E-state index in [4.69, 9.17) is 0 Å². The first kappa shape index (κ1) is 23.2. The fourth-order valence-electron chi connectivity index (χ4n) is 5.09. The van der Waals surface area contributed by atoms with E-state index in [9.17, 15) is 13.2 Å². The van der Waals surface area contributed by atoms with Gasteiger partial charge >= 0.3 is 0 Å². The molecule has 1 aromatic heterocycles. The lowest BCUT2D eigenvalue weighted by atomic mass is 9.93. The molecule has 0 saturated carbocycles. The molecule has 34 heavy (non-hydrogen) atoms. The lowest BCUT2D eigenvalue weighted by Gasteiger charge is -2.41. The van der Waals surface area contributed by atoms with Gasteiger partial charge in [0.05, 0.1) is 17.5 Å². The summed E-state index contributed by atoms with van der Waals surface area (Å²) in [6.45, 7) is 4.15.